The molecule has 182 valence electrons. The fourth-order valence-electron chi connectivity index (χ4n) is 2.75. The van der Waals surface area contributed by atoms with Gasteiger partial charge in [-0.1, -0.05) is 51.1 Å². The Morgan fingerprint density at radius 1 is 1.06 bits per heavy atom. The van der Waals surface area contributed by atoms with Crippen LogP contribution in [0.2, 0.25) is 18.1 Å². The van der Waals surface area contributed by atoms with Crippen LogP contribution in [0.5, 0.6) is 0 Å². The summed E-state index contributed by atoms with van der Waals surface area (Å²) in [5.41, 5.74) is -0.00865. The molecule has 0 fully saturated rings. The third-order valence-electron chi connectivity index (χ3n) is 5.60. The second-order valence-electron chi connectivity index (χ2n) is 10.6. The average molecular weight is 477 g/mol. The summed E-state index contributed by atoms with van der Waals surface area (Å²) in [7, 11) is -2.14. The molecule has 0 spiro atoms. The fraction of sp³-hybridized carbons (Fsp3) is 0.542. The number of nitrogens with zero attached hydrogens (tertiary/aromatic N) is 1. The largest absolute Gasteiger partial charge is 0.444 e. The summed E-state index contributed by atoms with van der Waals surface area (Å²) < 4.78 is 16.9. The van der Waals surface area contributed by atoms with Crippen molar-refractivity contribution in [3.8, 4) is 0 Å². The Balaban J connectivity index is 2.14. The Hall–Kier alpha value is -2.65. The van der Waals surface area contributed by atoms with E-state index in [0.717, 1.165) is 10.5 Å². The van der Waals surface area contributed by atoms with E-state index in [1.807, 2.05) is 30.3 Å². The van der Waals surface area contributed by atoms with E-state index in [-0.39, 0.29) is 23.9 Å². The van der Waals surface area contributed by atoms with Crippen molar-refractivity contribution >= 4 is 26.4 Å². The molecular weight excluding hydrogens is 440 g/mol. The summed E-state index contributed by atoms with van der Waals surface area (Å²) in [4.78, 5) is 39.1. The summed E-state index contributed by atoms with van der Waals surface area (Å²) in [5, 5.41) is 2.42. The highest BCUT2D eigenvalue weighted by atomic mass is 28.4. The van der Waals surface area contributed by atoms with Crippen molar-refractivity contribution in [1.82, 2.24) is 10.2 Å². The highest BCUT2D eigenvalue weighted by Gasteiger charge is 2.43. The van der Waals surface area contributed by atoms with Crippen LogP contribution in [0.15, 0.2) is 42.1 Å². The van der Waals surface area contributed by atoms with E-state index in [9.17, 15) is 14.4 Å². The first-order valence-corrected chi connectivity index (χ1v) is 13.9. The van der Waals surface area contributed by atoms with Crippen LogP contribution in [0, 0.1) is 0 Å². The van der Waals surface area contributed by atoms with Gasteiger partial charge in [-0.15, -0.1) is 0 Å². The van der Waals surface area contributed by atoms with Crippen molar-refractivity contribution in [1.29, 1.82) is 0 Å². The molecule has 1 atom stereocenters. The molecule has 8 nitrogen and oxygen atoms in total. The smallest absolute Gasteiger partial charge is 0.418 e. The summed E-state index contributed by atoms with van der Waals surface area (Å²) in [6, 6.07) is 8.49. The molecule has 1 aliphatic heterocycles. The summed E-state index contributed by atoms with van der Waals surface area (Å²) in [5.74, 6) is -0.662. The molecule has 0 unspecified atom stereocenters. The fourth-order valence-corrected chi connectivity index (χ4v) is 3.77. The molecule has 33 heavy (non-hydrogen) atoms. The Morgan fingerprint density at radius 3 is 2.21 bits per heavy atom. The lowest BCUT2D eigenvalue weighted by atomic mass is 10.2. The van der Waals surface area contributed by atoms with Crippen LogP contribution in [-0.4, -0.2) is 49.6 Å². The van der Waals surface area contributed by atoms with Gasteiger partial charge in [0, 0.05) is 0 Å². The van der Waals surface area contributed by atoms with Crippen molar-refractivity contribution in [3.63, 3.8) is 0 Å². The summed E-state index contributed by atoms with van der Waals surface area (Å²) in [6.07, 6.45) is -0.0565. The topological polar surface area (TPSA) is 94.2 Å². The Labute approximate surface area is 197 Å². The number of rotatable bonds is 6. The van der Waals surface area contributed by atoms with Gasteiger partial charge in [0.1, 0.15) is 17.9 Å². The normalized spacial score (nSPS) is 17.0. The maximum Gasteiger partial charge on any atom is 0.418 e. The number of carbonyl (C=O) groups excluding carboxylic acids is 3. The maximum absolute atomic E-state index is 13.0. The lowest BCUT2D eigenvalue weighted by Gasteiger charge is -2.37. The SMILES string of the molecule is CC(C)(C)OC(=O)N1C(=O)C(NC(=O)OCc2ccccc2)=C[C@@H]1CO[Si](C)(C)C(C)(C)C. The number of ether oxygens (including phenoxy) is 2. The van der Waals surface area contributed by atoms with E-state index in [4.69, 9.17) is 13.9 Å². The van der Waals surface area contributed by atoms with Gasteiger partial charge in [0.05, 0.1) is 12.6 Å². The van der Waals surface area contributed by atoms with Gasteiger partial charge in [0.2, 0.25) is 0 Å². The van der Waals surface area contributed by atoms with Crippen molar-refractivity contribution < 1.29 is 28.3 Å². The molecule has 3 amide bonds. The second kappa shape index (κ2) is 10.1. The standard InChI is InChI=1S/C24H36N2O6Si/c1-23(2,3)32-22(29)26-18(16-31-33(7,8)24(4,5)6)14-19(20(26)27)25-21(28)30-15-17-12-10-9-11-13-17/h9-14,18H,15-16H2,1-8H3,(H,25,28)/t18-/m1/s1. The van der Waals surface area contributed by atoms with E-state index in [1.165, 1.54) is 6.08 Å². The number of hydrogen-bond donors (Lipinski definition) is 1. The lowest BCUT2D eigenvalue weighted by molar-refractivity contribution is -0.127. The van der Waals surface area contributed by atoms with Crippen LogP contribution < -0.4 is 5.32 Å². The molecule has 9 heteroatoms. The summed E-state index contributed by atoms with van der Waals surface area (Å²) in [6.45, 7) is 15.8. The van der Waals surface area contributed by atoms with Gasteiger partial charge in [-0.25, -0.2) is 14.5 Å². The third-order valence-corrected chi connectivity index (χ3v) is 10.1. The van der Waals surface area contributed by atoms with Crippen molar-refractivity contribution in [3.05, 3.63) is 47.7 Å². The Kier molecular flexibility index (Phi) is 8.13. The number of hydrogen-bond acceptors (Lipinski definition) is 6. The predicted octanol–water partition coefficient (Wildman–Crippen LogP) is 4.96. The first-order valence-electron chi connectivity index (χ1n) is 11.0. The molecule has 0 bridgehead atoms. The average Bonchev–Trinajstić information content (AvgIpc) is 2.99. The van der Waals surface area contributed by atoms with Crippen LogP contribution in [0.1, 0.15) is 47.1 Å². The van der Waals surface area contributed by atoms with Crippen LogP contribution in [0.3, 0.4) is 0 Å². The van der Waals surface area contributed by atoms with Gasteiger partial charge in [0.25, 0.3) is 5.91 Å². The molecule has 0 saturated carbocycles. The zero-order chi connectivity index (χ0) is 25.0. The first kappa shape index (κ1) is 26.6. The van der Waals surface area contributed by atoms with Crippen LogP contribution in [-0.2, 0) is 25.3 Å². The molecule has 1 heterocycles. The predicted molar refractivity (Wildman–Crippen MR) is 128 cm³/mol. The third kappa shape index (κ3) is 7.43. The highest BCUT2D eigenvalue weighted by molar-refractivity contribution is 6.74. The van der Waals surface area contributed by atoms with E-state index >= 15 is 0 Å². The highest BCUT2D eigenvalue weighted by Crippen LogP contribution is 2.37. The zero-order valence-electron chi connectivity index (χ0n) is 20.9. The quantitative estimate of drug-likeness (QED) is 0.583. The number of benzene rings is 1. The minimum Gasteiger partial charge on any atom is -0.444 e. The summed E-state index contributed by atoms with van der Waals surface area (Å²) >= 11 is 0. The van der Waals surface area contributed by atoms with Gasteiger partial charge in [-0.3, -0.25) is 10.1 Å². The number of carbonyl (C=O) groups is 3. The number of imide groups is 1. The van der Waals surface area contributed by atoms with Crippen molar-refractivity contribution in [2.45, 2.75) is 77.9 Å². The number of alkyl carbamates (subject to hydrolysis) is 1. The zero-order valence-corrected chi connectivity index (χ0v) is 21.9. The molecule has 0 radical (unpaired) electrons. The second-order valence-corrected chi connectivity index (χ2v) is 15.4. The first-order chi connectivity index (χ1) is 15.1. The van der Waals surface area contributed by atoms with Crippen LogP contribution in [0.4, 0.5) is 9.59 Å². The molecule has 0 saturated heterocycles. The molecule has 2 rings (SSSR count). The molecular formula is C24H36N2O6Si. The van der Waals surface area contributed by atoms with E-state index < -0.39 is 38.1 Å². The van der Waals surface area contributed by atoms with E-state index in [0.29, 0.717) is 0 Å². The molecule has 1 aliphatic rings. The minimum absolute atomic E-state index is 0.0391. The van der Waals surface area contributed by atoms with Gasteiger partial charge in [-0.2, -0.15) is 0 Å². The van der Waals surface area contributed by atoms with Crippen LogP contribution in [0.25, 0.3) is 0 Å². The van der Waals surface area contributed by atoms with Crippen molar-refractivity contribution in [2.75, 3.05) is 6.61 Å². The number of amides is 3. The van der Waals surface area contributed by atoms with Crippen molar-refractivity contribution in [2.24, 2.45) is 0 Å². The van der Waals surface area contributed by atoms with E-state index in [2.05, 4.69) is 39.2 Å². The minimum atomic E-state index is -2.14. The molecule has 1 aromatic carbocycles. The Bertz CT molecular complexity index is 900. The lowest BCUT2D eigenvalue weighted by Crippen LogP contribution is -2.48. The van der Waals surface area contributed by atoms with Crippen LogP contribution >= 0.6 is 0 Å². The van der Waals surface area contributed by atoms with Gasteiger partial charge in [0.15, 0.2) is 8.32 Å². The molecule has 1 N–H and O–H groups in total. The molecule has 1 aromatic rings. The molecule has 0 aromatic heterocycles. The van der Waals surface area contributed by atoms with E-state index in [1.54, 1.807) is 20.8 Å². The van der Waals surface area contributed by atoms with Gasteiger partial charge < -0.3 is 13.9 Å². The number of nitrogens with one attached hydrogen (secondary N) is 1. The van der Waals surface area contributed by atoms with Gasteiger partial charge in [-0.05, 0) is 50.5 Å². The maximum atomic E-state index is 13.0. The molecule has 0 aliphatic carbocycles. The van der Waals surface area contributed by atoms with Gasteiger partial charge >= 0.3 is 12.2 Å². The monoisotopic (exact) mass is 476 g/mol. The Morgan fingerprint density at radius 2 is 1.67 bits per heavy atom.